The second-order valence-electron chi connectivity index (χ2n) is 4.87. The van der Waals surface area contributed by atoms with Crippen LogP contribution in [-0.2, 0) is 13.0 Å². The third-order valence-electron chi connectivity index (χ3n) is 3.50. The molecular weight excluding hydrogens is 325 g/mol. The molecule has 0 aliphatic heterocycles. The van der Waals surface area contributed by atoms with E-state index >= 15 is 0 Å². The van der Waals surface area contributed by atoms with Gasteiger partial charge in [0.1, 0.15) is 5.69 Å². The summed E-state index contributed by atoms with van der Waals surface area (Å²) in [5.74, 6) is -0.163. The Morgan fingerprint density at radius 2 is 2.23 bits per heavy atom. The van der Waals surface area contributed by atoms with Crippen LogP contribution in [0, 0.1) is 0 Å². The van der Waals surface area contributed by atoms with Crippen molar-refractivity contribution in [2.24, 2.45) is 5.73 Å². The van der Waals surface area contributed by atoms with Crippen molar-refractivity contribution in [3.05, 3.63) is 47.5 Å². The monoisotopic (exact) mass is 343 g/mol. The summed E-state index contributed by atoms with van der Waals surface area (Å²) in [5, 5.41) is 7.20. The standard InChI is InChI=1S/C14H17N5O.2ClH/c15-6-9-19-8-5-12(18-19)14(20)17-11-4-3-10-2-1-7-16-13(10)11;;/h1-2,5,7-8,11H,3-4,6,9,15H2,(H,17,20);2*1H. The molecule has 120 valence electrons. The normalized spacial score (nSPS) is 15.4. The fourth-order valence-electron chi connectivity index (χ4n) is 2.52. The number of nitrogens with one attached hydrogen (secondary N) is 1. The number of aryl methyl sites for hydroxylation is 1. The highest BCUT2D eigenvalue weighted by molar-refractivity contribution is 5.92. The highest BCUT2D eigenvalue weighted by atomic mass is 35.5. The number of aromatic nitrogens is 3. The molecule has 0 spiro atoms. The van der Waals surface area contributed by atoms with E-state index < -0.39 is 0 Å². The third kappa shape index (κ3) is 3.76. The van der Waals surface area contributed by atoms with Gasteiger partial charge in [0.15, 0.2) is 0 Å². The van der Waals surface area contributed by atoms with E-state index in [-0.39, 0.29) is 36.8 Å². The molecule has 0 bridgehead atoms. The lowest BCUT2D eigenvalue weighted by atomic mass is 10.2. The Bertz CT molecular complexity index is 631. The molecule has 8 heteroatoms. The quantitative estimate of drug-likeness (QED) is 0.880. The van der Waals surface area contributed by atoms with Gasteiger partial charge >= 0.3 is 0 Å². The van der Waals surface area contributed by atoms with E-state index in [1.807, 2.05) is 6.07 Å². The van der Waals surface area contributed by atoms with Crippen LogP contribution in [-0.4, -0.2) is 27.2 Å². The van der Waals surface area contributed by atoms with Gasteiger partial charge in [0, 0.05) is 18.9 Å². The number of hydrogen-bond acceptors (Lipinski definition) is 4. The third-order valence-corrected chi connectivity index (χ3v) is 3.50. The number of rotatable bonds is 4. The van der Waals surface area contributed by atoms with Gasteiger partial charge in [-0.1, -0.05) is 6.07 Å². The maximum Gasteiger partial charge on any atom is 0.272 e. The van der Waals surface area contributed by atoms with Crippen molar-refractivity contribution in [3.63, 3.8) is 0 Å². The predicted octanol–water partition coefficient (Wildman–Crippen LogP) is 1.50. The number of pyridine rings is 1. The number of halogens is 2. The molecule has 1 unspecified atom stereocenters. The molecule has 3 N–H and O–H groups in total. The van der Waals surface area contributed by atoms with Crippen LogP contribution < -0.4 is 11.1 Å². The molecule has 2 heterocycles. The van der Waals surface area contributed by atoms with Crippen LogP contribution >= 0.6 is 24.8 Å². The van der Waals surface area contributed by atoms with Gasteiger partial charge in [-0.05, 0) is 30.5 Å². The summed E-state index contributed by atoms with van der Waals surface area (Å²) in [6.45, 7) is 1.11. The summed E-state index contributed by atoms with van der Waals surface area (Å²) in [6.07, 6.45) is 5.37. The average Bonchev–Trinajstić information content (AvgIpc) is 3.07. The van der Waals surface area contributed by atoms with E-state index in [1.54, 1.807) is 23.1 Å². The topological polar surface area (TPSA) is 85.8 Å². The molecular formula is C14H19Cl2N5O. The van der Waals surface area contributed by atoms with Crippen molar-refractivity contribution in [2.45, 2.75) is 25.4 Å². The molecule has 0 fully saturated rings. The molecule has 1 amide bonds. The zero-order chi connectivity index (χ0) is 13.9. The first kappa shape index (κ1) is 18.4. The Morgan fingerprint density at radius 1 is 1.41 bits per heavy atom. The van der Waals surface area contributed by atoms with Crippen molar-refractivity contribution in [1.29, 1.82) is 0 Å². The van der Waals surface area contributed by atoms with E-state index in [9.17, 15) is 4.79 Å². The highest BCUT2D eigenvalue weighted by Crippen LogP contribution is 2.28. The van der Waals surface area contributed by atoms with Crippen molar-refractivity contribution in [3.8, 4) is 0 Å². The van der Waals surface area contributed by atoms with Gasteiger partial charge in [0.05, 0.1) is 18.3 Å². The highest BCUT2D eigenvalue weighted by Gasteiger charge is 2.25. The molecule has 0 saturated heterocycles. The number of hydrogen-bond donors (Lipinski definition) is 2. The SMILES string of the molecule is Cl.Cl.NCCn1ccc(C(=O)NC2CCc3cccnc32)n1. The molecule has 1 aliphatic carbocycles. The zero-order valence-electron chi connectivity index (χ0n) is 11.9. The van der Waals surface area contributed by atoms with Gasteiger partial charge in [0.25, 0.3) is 5.91 Å². The molecule has 1 atom stereocenters. The van der Waals surface area contributed by atoms with Crippen LogP contribution in [0.5, 0.6) is 0 Å². The number of nitrogens with two attached hydrogens (primary N) is 1. The second-order valence-corrected chi connectivity index (χ2v) is 4.87. The smallest absolute Gasteiger partial charge is 0.272 e. The number of carbonyl (C=O) groups is 1. The molecule has 22 heavy (non-hydrogen) atoms. The summed E-state index contributed by atoms with van der Waals surface area (Å²) >= 11 is 0. The predicted molar refractivity (Wildman–Crippen MR) is 88.5 cm³/mol. The number of fused-ring (bicyclic) bond motifs is 1. The molecule has 0 saturated carbocycles. The van der Waals surface area contributed by atoms with Crippen molar-refractivity contribution in [2.75, 3.05) is 6.54 Å². The molecule has 2 aromatic heterocycles. The Kier molecular flexibility index (Phi) is 6.80. The van der Waals surface area contributed by atoms with Crippen molar-refractivity contribution in [1.82, 2.24) is 20.1 Å². The second kappa shape index (κ2) is 8.12. The van der Waals surface area contributed by atoms with Gasteiger partial charge in [-0.15, -0.1) is 24.8 Å². The molecule has 2 aromatic rings. The minimum absolute atomic E-state index is 0. The van der Waals surface area contributed by atoms with Crippen LogP contribution in [0.2, 0.25) is 0 Å². The van der Waals surface area contributed by atoms with Crippen LogP contribution in [0.1, 0.15) is 34.2 Å². The molecule has 0 aromatic carbocycles. The Labute approximate surface area is 141 Å². The maximum absolute atomic E-state index is 12.2. The van der Waals surface area contributed by atoms with E-state index in [4.69, 9.17) is 5.73 Å². The summed E-state index contributed by atoms with van der Waals surface area (Å²) in [4.78, 5) is 16.5. The van der Waals surface area contributed by atoms with E-state index in [0.29, 0.717) is 18.8 Å². The molecule has 6 nitrogen and oxygen atoms in total. The molecule has 3 rings (SSSR count). The van der Waals surface area contributed by atoms with Crippen LogP contribution in [0.25, 0.3) is 0 Å². The van der Waals surface area contributed by atoms with E-state index in [1.165, 1.54) is 5.56 Å². The average molecular weight is 344 g/mol. The van der Waals surface area contributed by atoms with Crippen LogP contribution in [0.3, 0.4) is 0 Å². The largest absolute Gasteiger partial charge is 0.342 e. The van der Waals surface area contributed by atoms with Gasteiger partial charge in [-0.2, -0.15) is 5.10 Å². The van der Waals surface area contributed by atoms with Crippen molar-refractivity contribution < 1.29 is 4.79 Å². The van der Waals surface area contributed by atoms with Gasteiger partial charge in [-0.3, -0.25) is 14.5 Å². The Balaban J connectivity index is 0.00000121. The summed E-state index contributed by atoms with van der Waals surface area (Å²) in [6, 6.07) is 5.68. The first-order valence-electron chi connectivity index (χ1n) is 6.76. The number of carbonyl (C=O) groups excluding carboxylic acids is 1. The van der Waals surface area contributed by atoms with E-state index in [2.05, 4.69) is 21.5 Å². The number of amides is 1. The van der Waals surface area contributed by atoms with Gasteiger partial charge < -0.3 is 11.1 Å². The fraction of sp³-hybridized carbons (Fsp3) is 0.357. The number of nitrogens with zero attached hydrogens (tertiary/aromatic N) is 3. The lowest BCUT2D eigenvalue weighted by Crippen LogP contribution is -2.28. The fourth-order valence-corrected chi connectivity index (χ4v) is 2.52. The first-order chi connectivity index (χ1) is 9.78. The molecule has 1 aliphatic rings. The van der Waals surface area contributed by atoms with Crippen molar-refractivity contribution >= 4 is 30.7 Å². The van der Waals surface area contributed by atoms with Gasteiger partial charge in [0.2, 0.25) is 0 Å². The first-order valence-corrected chi connectivity index (χ1v) is 6.76. The lowest BCUT2D eigenvalue weighted by Gasteiger charge is -2.11. The minimum Gasteiger partial charge on any atom is -0.342 e. The lowest BCUT2D eigenvalue weighted by molar-refractivity contribution is 0.0930. The van der Waals surface area contributed by atoms with Gasteiger partial charge in [-0.25, -0.2) is 0 Å². The Hall–Kier alpha value is -1.63. The Morgan fingerprint density at radius 3 is 3.00 bits per heavy atom. The molecule has 0 radical (unpaired) electrons. The minimum atomic E-state index is -0.163. The maximum atomic E-state index is 12.2. The zero-order valence-corrected chi connectivity index (χ0v) is 13.6. The summed E-state index contributed by atoms with van der Waals surface area (Å²) < 4.78 is 1.68. The van der Waals surface area contributed by atoms with Crippen LogP contribution in [0.15, 0.2) is 30.6 Å². The van der Waals surface area contributed by atoms with E-state index in [0.717, 1.165) is 18.5 Å². The van der Waals surface area contributed by atoms with Crippen LogP contribution in [0.4, 0.5) is 0 Å². The summed E-state index contributed by atoms with van der Waals surface area (Å²) in [5.41, 5.74) is 8.07. The summed E-state index contributed by atoms with van der Waals surface area (Å²) in [7, 11) is 0.